The molecule has 6 aliphatic heterocycles. The maximum Gasteiger partial charge on any atom is 0.407 e. The maximum absolute atomic E-state index is 15.3. The minimum absolute atomic E-state index is 0.0182. The number of hydrogen-bond acceptors (Lipinski definition) is 21. The molecule has 27 heteroatoms. The molecule has 99 heavy (non-hydrogen) atoms. The van der Waals surface area contributed by atoms with Gasteiger partial charge >= 0.3 is 18.0 Å². The number of hydrogen-bond donors (Lipinski definition) is 11. The van der Waals surface area contributed by atoms with Crippen LogP contribution in [0, 0.1) is 17.3 Å². The lowest BCUT2D eigenvalue weighted by molar-refractivity contribution is -0.252. The largest absolute Gasteiger partial charge is 0.496 e. The van der Waals surface area contributed by atoms with Gasteiger partial charge in [0.05, 0.1) is 37.3 Å². The Bertz CT molecular complexity index is 3450. The van der Waals surface area contributed by atoms with Crippen LogP contribution in [-0.4, -0.2) is 237 Å². The Hall–Kier alpha value is -5.85. The summed E-state index contributed by atoms with van der Waals surface area (Å²) in [6.45, 7) is 10.9. The standard InChI is InChI=1S/C72H103N7O18S2/c1-7-19-57(84)75-50(38-73-56(83)22-14-12-10-11-13-17-29-95-58-35-53(81)59(85)60(97-58)63(88)89)52(80)32-44(62(86)87)41-99-98-31-30-96-67(91)74-39-55(82)72(93)65-71(25-28-79-26-18-24-70(9-3,64(71)79)66(72)90)47-33-48(54(94-6)34-51(47)77(65)5)68(4)36-43-37-69(92,8-2)42-78(40-43)27-23-46-45-20-15-16-21-49(45)76-61(46)68/h15-16,18,20-21,24,33-34,43-44,50,53,58-60,64-66,76,81,85,90,92-93H,7-14,17,19,22-23,25-32,35-42H2,1-6H3,(H,73,83)(H,74,91)(H,75,84)(H,86,87)(H,88,89)/t43-,44+,50-,53+,58?,59?,60?,64-,65+,66+,68+,69-,70+,71+,72-/m0/s1. The van der Waals surface area contributed by atoms with E-state index in [0.29, 0.717) is 76.8 Å². The van der Waals surface area contributed by atoms with Crippen LogP contribution in [0.4, 0.5) is 10.5 Å². The summed E-state index contributed by atoms with van der Waals surface area (Å²) in [6.07, 6.45) is 4.58. The highest BCUT2D eigenvalue weighted by molar-refractivity contribution is 8.76. The van der Waals surface area contributed by atoms with E-state index in [2.05, 4.69) is 68.8 Å². The fourth-order valence-corrected chi connectivity index (χ4v) is 19.9. The lowest BCUT2D eigenvalue weighted by atomic mass is 9.47. The molecule has 2 bridgehead atoms. The van der Waals surface area contributed by atoms with Crippen molar-refractivity contribution in [3.63, 3.8) is 0 Å². The molecule has 0 radical (unpaired) electrons. The third-order valence-corrected chi connectivity index (χ3v) is 25.0. The van der Waals surface area contributed by atoms with Gasteiger partial charge in [-0.15, -0.1) is 0 Å². The van der Waals surface area contributed by atoms with Gasteiger partial charge in [-0.2, -0.15) is 0 Å². The summed E-state index contributed by atoms with van der Waals surface area (Å²) in [4.78, 5) is 103. The number of methoxy groups -OCH3 is 1. The van der Waals surface area contributed by atoms with E-state index >= 15 is 4.79 Å². The highest BCUT2D eigenvalue weighted by Crippen LogP contribution is 2.68. The van der Waals surface area contributed by atoms with Gasteiger partial charge in [0.25, 0.3) is 0 Å². The average Bonchev–Trinajstić information content (AvgIpc) is 1.51. The summed E-state index contributed by atoms with van der Waals surface area (Å²) in [6, 6.07) is 10.3. The topological polar surface area (TPSA) is 360 Å². The number of aromatic nitrogens is 1. The molecule has 16 atom stereocenters. The molecule has 1 saturated carbocycles. The fraction of sp³-hybridized carbons (Fsp3) is 0.681. The SMILES string of the molecule is CCCC(=O)N[C@@H](CNC(=O)CCCCCCCCOC1C[C@@H](O)C(O)C(C(=O)O)O1)C(=O)C[C@H](CSSCCOC(=O)NCC(=O)[C@@]1(O)[C@H](O)[C@]2(CC)C=CCN3CC[C@@]4(c5cc([C@@]6(C)C[C@@H]7CN(CCc8c6[nH]c6ccccc86)C[C@](O)(CC)C7)c(OC)cc5N(C)[C@@H]14)[C@@H]32)C(=O)O. The number of amides is 3. The van der Waals surface area contributed by atoms with E-state index in [0.717, 1.165) is 89.4 Å². The number of carboxylic acid groups (broad SMARTS) is 2. The number of para-hydroxylation sites is 1. The smallest absolute Gasteiger partial charge is 0.407 e. The van der Waals surface area contributed by atoms with Gasteiger partial charge in [-0.1, -0.05) is 98.4 Å². The first-order valence-electron chi connectivity index (χ1n) is 35.5. The lowest BCUT2D eigenvalue weighted by Gasteiger charge is -2.63. The zero-order valence-corrected chi connectivity index (χ0v) is 59.6. The molecule has 2 aromatic carbocycles. The van der Waals surface area contributed by atoms with Crippen LogP contribution in [0.2, 0.25) is 0 Å². The number of nitrogens with zero attached hydrogens (tertiary/aromatic N) is 3. The van der Waals surface area contributed by atoms with E-state index in [1.54, 1.807) is 14.0 Å². The zero-order chi connectivity index (χ0) is 71.2. The summed E-state index contributed by atoms with van der Waals surface area (Å²) in [5, 5.41) is 87.1. The Morgan fingerprint density at radius 3 is 2.35 bits per heavy atom. The molecule has 10 rings (SSSR count). The number of piperidine rings is 1. The predicted molar refractivity (Wildman–Crippen MR) is 374 cm³/mol. The van der Waals surface area contributed by atoms with Crippen molar-refractivity contribution in [2.24, 2.45) is 17.3 Å². The summed E-state index contributed by atoms with van der Waals surface area (Å²) in [5.74, 6) is -4.92. The normalized spacial score (nSPS) is 31.3. The number of carbonyl (C=O) groups is 7. The lowest BCUT2D eigenvalue weighted by Crippen LogP contribution is -2.81. The Kier molecular flexibility index (Phi) is 24.7. The molecule has 3 amide bonds. The van der Waals surface area contributed by atoms with Crippen LogP contribution >= 0.6 is 21.6 Å². The average molecular weight is 1420 g/mol. The van der Waals surface area contributed by atoms with Crippen molar-refractivity contribution in [1.82, 2.24) is 30.7 Å². The second kappa shape index (κ2) is 32.2. The molecule has 4 fully saturated rings. The number of carbonyl (C=O) groups excluding carboxylic acids is 5. The molecular weight excluding hydrogens is 1310 g/mol. The van der Waals surface area contributed by atoms with Gasteiger partial charge in [0.2, 0.25) is 11.8 Å². The van der Waals surface area contributed by atoms with Crippen molar-refractivity contribution in [2.75, 3.05) is 89.6 Å². The van der Waals surface area contributed by atoms with Crippen LogP contribution in [0.1, 0.15) is 153 Å². The Balaban J connectivity index is 0.738. The van der Waals surface area contributed by atoms with Gasteiger partial charge in [-0.25, -0.2) is 9.59 Å². The number of unbranched alkanes of at least 4 members (excludes halogenated alkanes) is 5. The Morgan fingerprint density at radius 1 is 0.869 bits per heavy atom. The summed E-state index contributed by atoms with van der Waals surface area (Å²) in [5.41, 5.74) is 0.0909. The number of aliphatic hydroxyl groups is 5. The Morgan fingerprint density at radius 2 is 1.63 bits per heavy atom. The first kappa shape index (κ1) is 75.8. The van der Waals surface area contributed by atoms with Gasteiger partial charge in [0, 0.05) is 140 Å². The highest BCUT2D eigenvalue weighted by Gasteiger charge is 2.78. The number of benzene rings is 2. The number of anilines is 1. The van der Waals surface area contributed by atoms with E-state index in [-0.39, 0.29) is 68.4 Å². The van der Waals surface area contributed by atoms with Gasteiger partial charge < -0.3 is 80.5 Å². The molecule has 7 heterocycles. The number of carboxylic acids is 2. The van der Waals surface area contributed by atoms with Crippen LogP contribution in [-0.2, 0) is 60.2 Å². The summed E-state index contributed by atoms with van der Waals surface area (Å²) < 4.78 is 22.8. The molecule has 4 unspecified atom stereocenters. The number of H-pyrrole nitrogens is 1. The number of nitrogens with one attached hydrogen (secondary N) is 4. The van der Waals surface area contributed by atoms with Gasteiger partial charge in [-0.05, 0) is 100 Å². The van der Waals surface area contributed by atoms with Crippen molar-refractivity contribution in [3.05, 3.63) is 70.9 Å². The molecule has 7 aliphatic rings. The van der Waals surface area contributed by atoms with E-state index in [9.17, 15) is 64.5 Å². The minimum atomic E-state index is -2.43. The number of aliphatic hydroxyl groups excluding tert-OH is 3. The van der Waals surface area contributed by atoms with Gasteiger partial charge in [0.1, 0.15) is 30.6 Å². The number of Topliss-reactive ketones (excluding diaryl/α,β-unsaturated/α-hetero) is 2. The number of ether oxygens (including phenoxy) is 4. The number of alkyl carbamates (subject to hydrolysis) is 1. The molecule has 3 saturated heterocycles. The first-order valence-corrected chi connectivity index (χ1v) is 38.0. The van der Waals surface area contributed by atoms with Crippen LogP contribution < -0.4 is 25.6 Å². The minimum Gasteiger partial charge on any atom is -0.496 e. The van der Waals surface area contributed by atoms with E-state index in [1.807, 2.05) is 43.2 Å². The summed E-state index contributed by atoms with van der Waals surface area (Å²) >= 11 is 0. The number of rotatable bonds is 33. The number of likely N-dealkylation sites (N-methyl/N-ethyl adjacent to an activating group) is 1. The monoisotopic (exact) mass is 1420 g/mol. The highest BCUT2D eigenvalue weighted by atomic mass is 33.1. The van der Waals surface area contributed by atoms with Crippen molar-refractivity contribution >= 4 is 79.6 Å². The summed E-state index contributed by atoms with van der Waals surface area (Å²) in [7, 11) is 5.90. The molecule has 1 spiro atoms. The molecule has 25 nitrogen and oxygen atoms in total. The van der Waals surface area contributed by atoms with Crippen molar-refractivity contribution < 1.29 is 88.3 Å². The number of fused-ring (bicyclic) bond motifs is 6. The molecular formula is C72H103N7O18S2. The van der Waals surface area contributed by atoms with Crippen LogP contribution in [0.3, 0.4) is 0 Å². The predicted octanol–water partition coefficient (Wildman–Crippen LogP) is 5.50. The third-order valence-electron chi connectivity index (χ3n) is 22.5. The van der Waals surface area contributed by atoms with Crippen molar-refractivity contribution in [2.45, 2.75) is 208 Å². The van der Waals surface area contributed by atoms with Crippen LogP contribution in [0.5, 0.6) is 5.75 Å². The van der Waals surface area contributed by atoms with Crippen LogP contribution in [0.25, 0.3) is 10.9 Å². The van der Waals surface area contributed by atoms with Crippen molar-refractivity contribution in [3.8, 4) is 5.75 Å². The van der Waals surface area contributed by atoms with Crippen LogP contribution in [0.15, 0.2) is 48.6 Å². The van der Waals surface area contributed by atoms with Gasteiger partial charge in [0.15, 0.2) is 29.6 Å². The number of ketones is 2. The molecule has 11 N–H and O–H groups in total. The number of aromatic amines is 1. The number of aliphatic carboxylic acids is 2. The first-order chi connectivity index (χ1) is 47.3. The quantitative estimate of drug-likeness (QED) is 0.0204. The fourth-order valence-electron chi connectivity index (χ4n) is 17.8. The molecule has 1 aromatic heterocycles. The van der Waals surface area contributed by atoms with E-state index in [4.69, 9.17) is 18.9 Å². The molecule has 3 aromatic rings. The molecule has 546 valence electrons. The second-order valence-electron chi connectivity index (χ2n) is 28.8. The van der Waals surface area contributed by atoms with E-state index < -0.39 is 125 Å². The van der Waals surface area contributed by atoms with E-state index in [1.165, 1.54) is 16.4 Å². The van der Waals surface area contributed by atoms with Gasteiger partial charge in [-0.3, -0.25) is 33.8 Å². The Labute approximate surface area is 587 Å². The van der Waals surface area contributed by atoms with Crippen molar-refractivity contribution in [1.29, 1.82) is 0 Å². The zero-order valence-electron chi connectivity index (χ0n) is 58.0. The maximum atomic E-state index is 15.3. The second-order valence-corrected chi connectivity index (χ2v) is 31.4. The third kappa shape index (κ3) is 15.5. The molecule has 1 aliphatic carbocycles.